The Balaban J connectivity index is 2.17. The van der Waals surface area contributed by atoms with Gasteiger partial charge in [-0.3, -0.25) is 0 Å². The van der Waals surface area contributed by atoms with E-state index in [4.69, 9.17) is 9.84 Å². The first kappa shape index (κ1) is 11.3. The number of carbonyl (C=O) groups excluding carboxylic acids is 1. The third kappa shape index (κ3) is 3.16. The van der Waals surface area contributed by atoms with Crippen LogP contribution in [0.1, 0.15) is 6.42 Å². The molecule has 1 heterocycles. The van der Waals surface area contributed by atoms with Crippen LogP contribution in [0.3, 0.4) is 0 Å². The van der Waals surface area contributed by atoms with Crippen molar-refractivity contribution in [2.24, 2.45) is 5.92 Å². The van der Waals surface area contributed by atoms with Crippen LogP contribution in [0.15, 0.2) is 0 Å². The van der Waals surface area contributed by atoms with Crippen LogP contribution in [0.2, 0.25) is 0 Å². The van der Waals surface area contributed by atoms with E-state index in [1.165, 1.54) is 7.11 Å². The smallest absolute Gasteiger partial charge is 0.409 e. The summed E-state index contributed by atoms with van der Waals surface area (Å²) in [6.45, 7) is 2.45. The van der Waals surface area contributed by atoms with Crippen molar-refractivity contribution in [3.05, 3.63) is 0 Å². The van der Waals surface area contributed by atoms with E-state index in [-0.39, 0.29) is 12.7 Å². The maximum Gasteiger partial charge on any atom is 0.409 e. The molecule has 1 fully saturated rings. The highest BCUT2D eigenvalue weighted by Gasteiger charge is 2.26. The topological polar surface area (TPSA) is 59.0 Å². The molecule has 0 aromatic heterocycles. The molecular weight excluding hydrogens is 186 g/mol. The van der Waals surface area contributed by atoms with Gasteiger partial charge in [0.25, 0.3) is 0 Å². The predicted molar refractivity (Wildman–Crippen MR) is 50.0 cm³/mol. The zero-order valence-electron chi connectivity index (χ0n) is 8.44. The number of amides is 1. The van der Waals surface area contributed by atoms with Crippen molar-refractivity contribution in [2.75, 3.05) is 40.0 Å². The fraction of sp³-hybridized carbons (Fsp3) is 0.889. The Kier molecular flexibility index (Phi) is 4.69. The highest BCUT2D eigenvalue weighted by Crippen LogP contribution is 2.16. The predicted octanol–water partition coefficient (Wildman–Crippen LogP) is 0.0836. The van der Waals surface area contributed by atoms with E-state index < -0.39 is 0 Å². The van der Waals surface area contributed by atoms with Gasteiger partial charge in [0, 0.05) is 19.0 Å². The quantitative estimate of drug-likeness (QED) is 0.657. The van der Waals surface area contributed by atoms with E-state index in [1.807, 2.05) is 0 Å². The van der Waals surface area contributed by atoms with Crippen molar-refractivity contribution in [1.29, 1.82) is 0 Å². The van der Waals surface area contributed by atoms with Crippen molar-refractivity contribution in [3.8, 4) is 0 Å². The van der Waals surface area contributed by atoms with E-state index in [2.05, 4.69) is 4.74 Å². The first-order valence-electron chi connectivity index (χ1n) is 4.79. The normalized spacial score (nSPS) is 21.3. The number of rotatable bonds is 4. The number of methoxy groups -OCH3 is 1. The Morgan fingerprint density at radius 2 is 2.43 bits per heavy atom. The van der Waals surface area contributed by atoms with Crippen molar-refractivity contribution in [3.63, 3.8) is 0 Å². The van der Waals surface area contributed by atoms with Gasteiger partial charge >= 0.3 is 6.09 Å². The summed E-state index contributed by atoms with van der Waals surface area (Å²) in [5, 5.41) is 8.51. The molecule has 1 rings (SSSR count). The molecule has 1 N–H and O–H groups in total. The van der Waals surface area contributed by atoms with E-state index in [9.17, 15) is 4.79 Å². The molecule has 0 radical (unpaired) electrons. The Hall–Kier alpha value is -0.810. The number of aliphatic hydroxyl groups excluding tert-OH is 1. The van der Waals surface area contributed by atoms with Crippen LogP contribution >= 0.6 is 0 Å². The van der Waals surface area contributed by atoms with Crippen LogP contribution in [0.5, 0.6) is 0 Å². The van der Waals surface area contributed by atoms with Crippen LogP contribution in [-0.2, 0) is 9.47 Å². The summed E-state index contributed by atoms with van der Waals surface area (Å²) < 4.78 is 9.81. The van der Waals surface area contributed by atoms with Crippen molar-refractivity contribution < 1.29 is 19.4 Å². The fourth-order valence-electron chi connectivity index (χ4n) is 1.58. The summed E-state index contributed by atoms with van der Waals surface area (Å²) in [6.07, 6.45) is 0.676. The SMILES string of the molecule is COC(=O)N1CCC(COCCO)C1. The molecular formula is C9H17NO4. The molecule has 5 heteroatoms. The number of aliphatic hydroxyl groups is 1. The van der Waals surface area contributed by atoms with Gasteiger partial charge in [0.05, 0.1) is 26.9 Å². The molecule has 0 aromatic carbocycles. The molecule has 5 nitrogen and oxygen atoms in total. The number of carbonyl (C=O) groups is 1. The average molecular weight is 203 g/mol. The second-order valence-electron chi connectivity index (χ2n) is 3.37. The van der Waals surface area contributed by atoms with Gasteiger partial charge in [0.1, 0.15) is 0 Å². The summed E-state index contributed by atoms with van der Waals surface area (Å²) in [5.41, 5.74) is 0. The summed E-state index contributed by atoms with van der Waals surface area (Å²) >= 11 is 0. The molecule has 1 atom stereocenters. The number of ether oxygens (including phenoxy) is 2. The third-order valence-corrected chi connectivity index (χ3v) is 2.31. The van der Waals surface area contributed by atoms with Gasteiger partial charge in [-0.25, -0.2) is 4.79 Å². The first-order valence-corrected chi connectivity index (χ1v) is 4.79. The largest absolute Gasteiger partial charge is 0.453 e. The Morgan fingerprint density at radius 1 is 1.64 bits per heavy atom. The summed E-state index contributed by atoms with van der Waals surface area (Å²) in [7, 11) is 1.39. The van der Waals surface area contributed by atoms with Crippen LogP contribution in [0.4, 0.5) is 4.79 Å². The van der Waals surface area contributed by atoms with Crippen LogP contribution in [-0.4, -0.2) is 56.1 Å². The number of likely N-dealkylation sites (tertiary alicyclic amines) is 1. The van der Waals surface area contributed by atoms with Gasteiger partial charge in [0.15, 0.2) is 0 Å². The Bertz CT molecular complexity index is 186. The van der Waals surface area contributed by atoms with Gasteiger partial charge in [-0.1, -0.05) is 0 Å². The lowest BCUT2D eigenvalue weighted by Crippen LogP contribution is -2.29. The number of nitrogens with zero attached hydrogens (tertiary/aromatic N) is 1. The monoisotopic (exact) mass is 203 g/mol. The standard InChI is InChI=1S/C9H17NO4/c1-13-9(12)10-3-2-8(6-10)7-14-5-4-11/h8,11H,2-7H2,1H3. The molecule has 0 bridgehead atoms. The molecule has 0 spiro atoms. The Morgan fingerprint density at radius 3 is 3.07 bits per heavy atom. The Labute approximate surface area is 83.6 Å². The zero-order valence-corrected chi connectivity index (χ0v) is 8.44. The van der Waals surface area contributed by atoms with Crippen molar-refractivity contribution in [2.45, 2.75) is 6.42 Å². The molecule has 1 saturated heterocycles. The van der Waals surface area contributed by atoms with E-state index in [0.717, 1.165) is 13.0 Å². The van der Waals surface area contributed by atoms with Crippen molar-refractivity contribution in [1.82, 2.24) is 4.90 Å². The second-order valence-corrected chi connectivity index (χ2v) is 3.37. The van der Waals surface area contributed by atoms with Gasteiger partial charge in [0.2, 0.25) is 0 Å². The van der Waals surface area contributed by atoms with E-state index >= 15 is 0 Å². The molecule has 82 valence electrons. The lowest BCUT2D eigenvalue weighted by atomic mass is 10.1. The van der Waals surface area contributed by atoms with Gasteiger partial charge in [-0.15, -0.1) is 0 Å². The molecule has 1 amide bonds. The highest BCUT2D eigenvalue weighted by atomic mass is 16.5. The lowest BCUT2D eigenvalue weighted by molar-refractivity contribution is 0.0683. The summed E-state index contributed by atoms with van der Waals surface area (Å²) in [4.78, 5) is 12.8. The molecule has 0 aromatic rings. The first-order chi connectivity index (χ1) is 6.77. The molecule has 1 aliphatic heterocycles. The van der Waals surface area contributed by atoms with E-state index in [0.29, 0.717) is 25.7 Å². The second kappa shape index (κ2) is 5.82. The summed E-state index contributed by atoms with van der Waals surface area (Å²) in [5.74, 6) is 0.376. The van der Waals surface area contributed by atoms with Crippen molar-refractivity contribution >= 4 is 6.09 Å². The highest BCUT2D eigenvalue weighted by molar-refractivity contribution is 5.67. The maximum absolute atomic E-state index is 11.1. The summed E-state index contributed by atoms with van der Waals surface area (Å²) in [6, 6.07) is 0. The molecule has 0 saturated carbocycles. The lowest BCUT2D eigenvalue weighted by Gasteiger charge is -2.14. The van der Waals surface area contributed by atoms with Gasteiger partial charge in [-0.2, -0.15) is 0 Å². The molecule has 14 heavy (non-hydrogen) atoms. The van der Waals surface area contributed by atoms with Gasteiger partial charge < -0.3 is 19.5 Å². The van der Waals surface area contributed by atoms with Crippen LogP contribution in [0, 0.1) is 5.92 Å². The van der Waals surface area contributed by atoms with Crippen LogP contribution < -0.4 is 0 Å². The fourth-order valence-corrected chi connectivity index (χ4v) is 1.58. The van der Waals surface area contributed by atoms with Crippen LogP contribution in [0.25, 0.3) is 0 Å². The van der Waals surface area contributed by atoms with Gasteiger partial charge in [-0.05, 0) is 6.42 Å². The van der Waals surface area contributed by atoms with E-state index in [1.54, 1.807) is 4.90 Å². The third-order valence-electron chi connectivity index (χ3n) is 2.31. The average Bonchev–Trinajstić information content (AvgIpc) is 2.66. The minimum absolute atomic E-state index is 0.0490. The number of hydrogen-bond donors (Lipinski definition) is 1. The molecule has 1 aliphatic rings. The zero-order chi connectivity index (χ0) is 10.4. The molecule has 1 unspecified atom stereocenters. The minimum atomic E-state index is -0.269. The molecule has 0 aliphatic carbocycles. The maximum atomic E-state index is 11.1. The number of hydrogen-bond acceptors (Lipinski definition) is 4. The minimum Gasteiger partial charge on any atom is -0.453 e.